The molecular formula is C14H10N6. The van der Waals surface area contributed by atoms with Crippen LogP contribution in [0.25, 0.3) is 28.0 Å². The number of pyridine rings is 1. The van der Waals surface area contributed by atoms with E-state index in [4.69, 9.17) is 0 Å². The highest BCUT2D eigenvalue weighted by molar-refractivity contribution is 5.84. The molecule has 0 saturated heterocycles. The Labute approximate surface area is 114 Å². The molecule has 0 aliphatic heterocycles. The van der Waals surface area contributed by atoms with E-state index in [-0.39, 0.29) is 0 Å². The van der Waals surface area contributed by atoms with Gasteiger partial charge >= 0.3 is 0 Å². The summed E-state index contributed by atoms with van der Waals surface area (Å²) < 4.78 is 1.83. The second-order valence-corrected chi connectivity index (χ2v) is 4.34. The van der Waals surface area contributed by atoms with E-state index >= 15 is 0 Å². The molecule has 0 fully saturated rings. The third-order valence-electron chi connectivity index (χ3n) is 3.14. The predicted molar refractivity (Wildman–Crippen MR) is 74.2 cm³/mol. The first-order valence-corrected chi connectivity index (χ1v) is 6.15. The summed E-state index contributed by atoms with van der Waals surface area (Å²) >= 11 is 0. The fraction of sp³-hybridized carbons (Fsp3) is 0. The fourth-order valence-electron chi connectivity index (χ4n) is 2.19. The number of nitrogens with zero attached hydrogens (tertiary/aromatic N) is 5. The van der Waals surface area contributed by atoms with E-state index in [1.807, 2.05) is 35.3 Å². The van der Waals surface area contributed by atoms with E-state index in [2.05, 4.69) is 25.0 Å². The first-order valence-electron chi connectivity index (χ1n) is 6.15. The van der Waals surface area contributed by atoms with Crippen LogP contribution in [0.2, 0.25) is 0 Å². The maximum absolute atomic E-state index is 4.41. The highest BCUT2D eigenvalue weighted by Gasteiger charge is 2.08. The molecule has 0 aliphatic carbocycles. The van der Waals surface area contributed by atoms with Crippen molar-refractivity contribution in [3.63, 3.8) is 0 Å². The fourth-order valence-corrected chi connectivity index (χ4v) is 2.19. The molecule has 0 aliphatic rings. The summed E-state index contributed by atoms with van der Waals surface area (Å²) in [5.74, 6) is 0. The zero-order chi connectivity index (χ0) is 13.4. The lowest BCUT2D eigenvalue weighted by molar-refractivity contribution is 0.886. The van der Waals surface area contributed by atoms with Gasteiger partial charge < -0.3 is 4.98 Å². The Kier molecular flexibility index (Phi) is 2.32. The van der Waals surface area contributed by atoms with Gasteiger partial charge in [-0.25, -0.2) is 19.6 Å². The standard InChI is InChI=1S/C14H10N6/c1-5-16-14-11(1)13(3-6-17-14)20-8-10(7-19-20)12-2-4-15-9-18-12/h1-9H,(H,16,17). The molecule has 1 N–H and O–H groups in total. The minimum Gasteiger partial charge on any atom is -0.346 e. The average Bonchev–Trinajstić information content (AvgIpc) is 3.17. The van der Waals surface area contributed by atoms with Crippen LogP contribution in [0.15, 0.2) is 55.5 Å². The molecular weight excluding hydrogens is 252 g/mol. The normalized spacial score (nSPS) is 11.0. The van der Waals surface area contributed by atoms with E-state index in [1.165, 1.54) is 6.33 Å². The largest absolute Gasteiger partial charge is 0.346 e. The summed E-state index contributed by atoms with van der Waals surface area (Å²) in [4.78, 5) is 15.5. The monoisotopic (exact) mass is 262 g/mol. The molecule has 4 aromatic heterocycles. The van der Waals surface area contributed by atoms with Crippen molar-refractivity contribution in [3.8, 4) is 16.9 Å². The molecule has 20 heavy (non-hydrogen) atoms. The van der Waals surface area contributed by atoms with Gasteiger partial charge in [0.2, 0.25) is 0 Å². The van der Waals surface area contributed by atoms with Crippen molar-refractivity contribution in [1.82, 2.24) is 29.7 Å². The summed E-state index contributed by atoms with van der Waals surface area (Å²) in [5, 5.41) is 5.44. The van der Waals surface area contributed by atoms with Crippen LogP contribution in [0.1, 0.15) is 0 Å². The third kappa shape index (κ3) is 1.66. The van der Waals surface area contributed by atoms with Gasteiger partial charge in [-0.1, -0.05) is 0 Å². The lowest BCUT2D eigenvalue weighted by Crippen LogP contribution is -1.95. The SMILES string of the molecule is c1cc(-c2cnn(-c3ccnc4[nH]ccc34)c2)ncn1. The second kappa shape index (κ2) is 4.27. The molecule has 0 aromatic carbocycles. The summed E-state index contributed by atoms with van der Waals surface area (Å²) in [5.41, 5.74) is 3.64. The van der Waals surface area contributed by atoms with Gasteiger partial charge in [0.15, 0.2) is 0 Å². The van der Waals surface area contributed by atoms with Gasteiger partial charge in [0.1, 0.15) is 12.0 Å². The molecule has 4 rings (SSSR count). The number of hydrogen-bond acceptors (Lipinski definition) is 4. The smallest absolute Gasteiger partial charge is 0.139 e. The number of aromatic nitrogens is 6. The Morgan fingerprint density at radius 3 is 2.95 bits per heavy atom. The van der Waals surface area contributed by atoms with Gasteiger partial charge in [0, 0.05) is 35.7 Å². The van der Waals surface area contributed by atoms with Crippen molar-refractivity contribution in [1.29, 1.82) is 0 Å². The van der Waals surface area contributed by atoms with Crippen LogP contribution < -0.4 is 0 Å². The van der Waals surface area contributed by atoms with Gasteiger partial charge in [-0.3, -0.25) is 0 Å². The minimum atomic E-state index is 0.849. The zero-order valence-electron chi connectivity index (χ0n) is 10.4. The summed E-state index contributed by atoms with van der Waals surface area (Å²) in [6, 6.07) is 5.79. The van der Waals surface area contributed by atoms with Crippen molar-refractivity contribution in [3.05, 3.63) is 55.5 Å². The van der Waals surface area contributed by atoms with E-state index in [9.17, 15) is 0 Å². The molecule has 0 saturated carbocycles. The van der Waals surface area contributed by atoms with Gasteiger partial charge in [0.05, 0.1) is 17.6 Å². The van der Waals surface area contributed by atoms with E-state index in [0.29, 0.717) is 0 Å². The Bertz CT molecular complexity index is 861. The predicted octanol–water partition coefficient (Wildman–Crippen LogP) is 2.21. The zero-order valence-corrected chi connectivity index (χ0v) is 10.4. The number of hydrogen-bond donors (Lipinski definition) is 1. The first-order chi connectivity index (χ1) is 9.92. The van der Waals surface area contributed by atoms with Crippen LogP contribution in [-0.2, 0) is 0 Å². The lowest BCUT2D eigenvalue weighted by Gasteiger charge is -2.02. The van der Waals surface area contributed by atoms with Crippen LogP contribution in [0.5, 0.6) is 0 Å². The minimum absolute atomic E-state index is 0.849. The molecule has 4 heterocycles. The Morgan fingerprint density at radius 2 is 2.05 bits per heavy atom. The Hall–Kier alpha value is -3.02. The van der Waals surface area contributed by atoms with Crippen LogP contribution in [-0.4, -0.2) is 29.7 Å². The van der Waals surface area contributed by atoms with Crippen molar-refractivity contribution in [2.75, 3.05) is 0 Å². The highest BCUT2D eigenvalue weighted by atomic mass is 15.3. The molecule has 0 amide bonds. The first kappa shape index (κ1) is 10.9. The second-order valence-electron chi connectivity index (χ2n) is 4.34. The quantitative estimate of drug-likeness (QED) is 0.601. The number of aromatic amines is 1. The van der Waals surface area contributed by atoms with Crippen molar-refractivity contribution in [2.45, 2.75) is 0 Å². The highest BCUT2D eigenvalue weighted by Crippen LogP contribution is 2.21. The van der Waals surface area contributed by atoms with Crippen molar-refractivity contribution in [2.24, 2.45) is 0 Å². The van der Waals surface area contributed by atoms with E-state index < -0.39 is 0 Å². The Morgan fingerprint density at radius 1 is 1.05 bits per heavy atom. The molecule has 6 heteroatoms. The van der Waals surface area contributed by atoms with Gasteiger partial charge in [0.25, 0.3) is 0 Å². The molecule has 0 spiro atoms. The van der Waals surface area contributed by atoms with Crippen LogP contribution in [0.3, 0.4) is 0 Å². The van der Waals surface area contributed by atoms with Crippen molar-refractivity contribution >= 4 is 11.0 Å². The van der Waals surface area contributed by atoms with Gasteiger partial charge in [-0.2, -0.15) is 5.10 Å². The molecule has 0 atom stereocenters. The number of fused-ring (bicyclic) bond motifs is 1. The lowest BCUT2D eigenvalue weighted by atomic mass is 10.2. The van der Waals surface area contributed by atoms with E-state index in [0.717, 1.165) is 28.0 Å². The summed E-state index contributed by atoms with van der Waals surface area (Å²) in [6.45, 7) is 0. The molecule has 6 nitrogen and oxygen atoms in total. The maximum Gasteiger partial charge on any atom is 0.139 e. The van der Waals surface area contributed by atoms with Crippen LogP contribution in [0, 0.1) is 0 Å². The topological polar surface area (TPSA) is 72.3 Å². The molecule has 0 radical (unpaired) electrons. The summed E-state index contributed by atoms with van der Waals surface area (Å²) in [6.07, 6.45) is 10.6. The van der Waals surface area contributed by atoms with Crippen LogP contribution >= 0.6 is 0 Å². The van der Waals surface area contributed by atoms with E-state index in [1.54, 1.807) is 18.6 Å². The van der Waals surface area contributed by atoms with Crippen molar-refractivity contribution < 1.29 is 0 Å². The number of nitrogens with one attached hydrogen (secondary N) is 1. The maximum atomic E-state index is 4.41. The molecule has 0 unspecified atom stereocenters. The summed E-state index contributed by atoms with van der Waals surface area (Å²) in [7, 11) is 0. The molecule has 96 valence electrons. The van der Waals surface area contributed by atoms with Crippen LogP contribution in [0.4, 0.5) is 0 Å². The Balaban J connectivity index is 1.84. The third-order valence-corrected chi connectivity index (χ3v) is 3.14. The number of rotatable bonds is 2. The van der Waals surface area contributed by atoms with Gasteiger partial charge in [-0.15, -0.1) is 0 Å². The average molecular weight is 262 g/mol. The van der Waals surface area contributed by atoms with Gasteiger partial charge in [-0.05, 0) is 18.2 Å². The number of H-pyrrole nitrogens is 1. The molecule has 0 bridgehead atoms. The molecule has 4 aromatic rings.